The fourth-order valence-corrected chi connectivity index (χ4v) is 2.98. The highest BCUT2D eigenvalue weighted by Gasteiger charge is 2.14. The zero-order valence-corrected chi connectivity index (χ0v) is 11.7. The van der Waals surface area contributed by atoms with Crippen LogP contribution in [0.1, 0.15) is 44.1 Å². The molecule has 0 unspecified atom stereocenters. The topological polar surface area (TPSA) is 57.8 Å². The smallest absolute Gasteiger partial charge is 0.224 e. The van der Waals surface area contributed by atoms with Crippen molar-refractivity contribution in [2.45, 2.75) is 51.0 Å². The minimum atomic E-state index is 0.135. The van der Waals surface area contributed by atoms with E-state index in [0.717, 1.165) is 29.4 Å². The number of amides is 1. The Labute approximate surface area is 119 Å². The lowest BCUT2D eigenvalue weighted by Gasteiger charge is -2.16. The number of carbonyl (C=O) groups is 1. The first-order valence-corrected chi connectivity index (χ1v) is 7.52. The standard InChI is InChI=1S/C16H21N3O/c20-16(19-13-5-3-1-2-4-6-13)10-12-7-8-14-15(9-12)18-11-17-14/h7-9,11,13H,1-6,10H2,(H,17,18)(H,19,20). The van der Waals surface area contributed by atoms with Crippen LogP contribution in [0.3, 0.4) is 0 Å². The van der Waals surface area contributed by atoms with Crippen molar-refractivity contribution in [3.05, 3.63) is 30.1 Å². The molecule has 3 rings (SSSR count). The van der Waals surface area contributed by atoms with Crippen LogP contribution in [0.25, 0.3) is 11.0 Å². The number of fused-ring (bicyclic) bond motifs is 1. The van der Waals surface area contributed by atoms with Crippen LogP contribution < -0.4 is 5.32 Å². The van der Waals surface area contributed by atoms with E-state index < -0.39 is 0 Å². The number of aromatic amines is 1. The van der Waals surface area contributed by atoms with E-state index >= 15 is 0 Å². The van der Waals surface area contributed by atoms with E-state index in [-0.39, 0.29) is 5.91 Å². The summed E-state index contributed by atoms with van der Waals surface area (Å²) in [7, 11) is 0. The quantitative estimate of drug-likeness (QED) is 0.843. The molecule has 0 saturated heterocycles. The van der Waals surface area contributed by atoms with Gasteiger partial charge < -0.3 is 10.3 Å². The molecule has 106 valence electrons. The lowest BCUT2D eigenvalue weighted by atomic mass is 10.1. The molecule has 4 nitrogen and oxygen atoms in total. The molecule has 1 aromatic heterocycles. The average molecular weight is 271 g/mol. The first-order valence-electron chi connectivity index (χ1n) is 7.52. The van der Waals surface area contributed by atoms with Gasteiger partial charge in [0, 0.05) is 6.04 Å². The zero-order chi connectivity index (χ0) is 13.8. The predicted octanol–water partition coefficient (Wildman–Crippen LogP) is 2.94. The number of H-pyrrole nitrogens is 1. The normalized spacial score (nSPS) is 17.0. The van der Waals surface area contributed by atoms with Crippen LogP contribution in [0.2, 0.25) is 0 Å². The number of aromatic nitrogens is 2. The molecular formula is C16H21N3O. The summed E-state index contributed by atoms with van der Waals surface area (Å²) in [6.45, 7) is 0. The van der Waals surface area contributed by atoms with E-state index in [9.17, 15) is 4.79 Å². The van der Waals surface area contributed by atoms with E-state index in [1.54, 1.807) is 6.33 Å². The van der Waals surface area contributed by atoms with Gasteiger partial charge in [-0.25, -0.2) is 4.98 Å². The van der Waals surface area contributed by atoms with E-state index in [2.05, 4.69) is 15.3 Å². The van der Waals surface area contributed by atoms with Gasteiger partial charge in [0.25, 0.3) is 0 Å². The summed E-state index contributed by atoms with van der Waals surface area (Å²) in [5.41, 5.74) is 2.97. The second-order valence-corrected chi connectivity index (χ2v) is 5.69. The van der Waals surface area contributed by atoms with E-state index in [1.165, 1.54) is 25.7 Å². The summed E-state index contributed by atoms with van der Waals surface area (Å²) < 4.78 is 0. The largest absolute Gasteiger partial charge is 0.353 e. The maximum atomic E-state index is 12.1. The van der Waals surface area contributed by atoms with Gasteiger partial charge in [0.1, 0.15) is 0 Å². The lowest BCUT2D eigenvalue weighted by molar-refractivity contribution is -0.121. The van der Waals surface area contributed by atoms with Crippen LogP contribution in [-0.4, -0.2) is 21.9 Å². The minimum absolute atomic E-state index is 0.135. The van der Waals surface area contributed by atoms with Gasteiger partial charge in [-0.2, -0.15) is 0 Å². The highest BCUT2D eigenvalue weighted by molar-refractivity contribution is 5.81. The molecule has 4 heteroatoms. The Morgan fingerprint density at radius 2 is 2.05 bits per heavy atom. The Morgan fingerprint density at radius 3 is 2.85 bits per heavy atom. The van der Waals surface area contributed by atoms with Crippen molar-refractivity contribution in [1.29, 1.82) is 0 Å². The number of nitrogens with zero attached hydrogens (tertiary/aromatic N) is 1. The van der Waals surface area contributed by atoms with Crippen molar-refractivity contribution in [3.8, 4) is 0 Å². The molecule has 0 spiro atoms. The molecule has 0 atom stereocenters. The average Bonchev–Trinajstić information content (AvgIpc) is 2.75. The second-order valence-electron chi connectivity index (χ2n) is 5.69. The Bertz CT molecular complexity index is 582. The molecule has 0 aliphatic heterocycles. The molecular weight excluding hydrogens is 250 g/mol. The summed E-state index contributed by atoms with van der Waals surface area (Å²) in [4.78, 5) is 19.4. The summed E-state index contributed by atoms with van der Waals surface area (Å²) in [5.74, 6) is 0.135. The van der Waals surface area contributed by atoms with E-state index in [0.29, 0.717) is 12.5 Å². The number of carbonyl (C=O) groups excluding carboxylic acids is 1. The van der Waals surface area contributed by atoms with Crippen molar-refractivity contribution >= 4 is 16.9 Å². The molecule has 20 heavy (non-hydrogen) atoms. The molecule has 1 aliphatic carbocycles. The molecule has 0 radical (unpaired) electrons. The Morgan fingerprint density at radius 1 is 1.25 bits per heavy atom. The van der Waals surface area contributed by atoms with Gasteiger partial charge in [-0.1, -0.05) is 31.7 Å². The van der Waals surface area contributed by atoms with Crippen LogP contribution in [0.4, 0.5) is 0 Å². The van der Waals surface area contributed by atoms with E-state index in [4.69, 9.17) is 0 Å². The van der Waals surface area contributed by atoms with Gasteiger partial charge in [-0.05, 0) is 30.5 Å². The highest BCUT2D eigenvalue weighted by Crippen LogP contribution is 2.17. The van der Waals surface area contributed by atoms with Gasteiger partial charge in [0.2, 0.25) is 5.91 Å². The highest BCUT2D eigenvalue weighted by atomic mass is 16.1. The lowest BCUT2D eigenvalue weighted by Crippen LogP contribution is -2.35. The van der Waals surface area contributed by atoms with Crippen LogP contribution in [0.15, 0.2) is 24.5 Å². The third-order valence-electron chi connectivity index (χ3n) is 4.07. The molecule has 1 aliphatic rings. The van der Waals surface area contributed by atoms with Crippen molar-refractivity contribution in [2.24, 2.45) is 0 Å². The molecule has 1 heterocycles. The monoisotopic (exact) mass is 271 g/mol. The summed E-state index contributed by atoms with van der Waals surface area (Å²) in [6, 6.07) is 6.33. The van der Waals surface area contributed by atoms with Gasteiger partial charge in [-0.15, -0.1) is 0 Å². The summed E-state index contributed by atoms with van der Waals surface area (Å²) in [5, 5.41) is 3.18. The predicted molar refractivity (Wildman–Crippen MR) is 79.4 cm³/mol. The van der Waals surface area contributed by atoms with Crippen molar-refractivity contribution in [2.75, 3.05) is 0 Å². The number of hydrogen-bond acceptors (Lipinski definition) is 2. The number of imidazole rings is 1. The summed E-state index contributed by atoms with van der Waals surface area (Å²) >= 11 is 0. The number of nitrogens with one attached hydrogen (secondary N) is 2. The zero-order valence-electron chi connectivity index (χ0n) is 11.7. The fourth-order valence-electron chi connectivity index (χ4n) is 2.98. The number of benzene rings is 1. The van der Waals surface area contributed by atoms with Gasteiger partial charge in [0.05, 0.1) is 23.8 Å². The first kappa shape index (κ1) is 13.2. The van der Waals surface area contributed by atoms with Crippen LogP contribution in [0, 0.1) is 0 Å². The molecule has 1 amide bonds. The van der Waals surface area contributed by atoms with Crippen LogP contribution >= 0.6 is 0 Å². The first-order chi connectivity index (χ1) is 9.81. The van der Waals surface area contributed by atoms with Crippen molar-refractivity contribution in [3.63, 3.8) is 0 Å². The third kappa shape index (κ3) is 3.18. The Balaban J connectivity index is 1.59. The molecule has 2 aromatic rings. The van der Waals surface area contributed by atoms with Crippen LogP contribution in [0.5, 0.6) is 0 Å². The maximum Gasteiger partial charge on any atom is 0.224 e. The molecule has 0 bridgehead atoms. The Kier molecular flexibility index (Phi) is 4.00. The maximum absolute atomic E-state index is 12.1. The van der Waals surface area contributed by atoms with E-state index in [1.807, 2.05) is 18.2 Å². The van der Waals surface area contributed by atoms with Crippen molar-refractivity contribution < 1.29 is 4.79 Å². The van der Waals surface area contributed by atoms with Gasteiger partial charge in [0.15, 0.2) is 0 Å². The SMILES string of the molecule is O=C(Cc1ccc2nc[nH]c2c1)NC1CCCCCC1. The molecule has 1 saturated carbocycles. The van der Waals surface area contributed by atoms with Crippen molar-refractivity contribution in [1.82, 2.24) is 15.3 Å². The number of rotatable bonds is 3. The molecule has 1 fully saturated rings. The number of hydrogen-bond donors (Lipinski definition) is 2. The molecule has 1 aromatic carbocycles. The molecule has 2 N–H and O–H groups in total. The fraction of sp³-hybridized carbons (Fsp3) is 0.500. The van der Waals surface area contributed by atoms with Gasteiger partial charge >= 0.3 is 0 Å². The Hall–Kier alpha value is -1.84. The van der Waals surface area contributed by atoms with Crippen LogP contribution in [-0.2, 0) is 11.2 Å². The second kappa shape index (κ2) is 6.07. The van der Waals surface area contributed by atoms with Gasteiger partial charge in [-0.3, -0.25) is 4.79 Å². The summed E-state index contributed by atoms with van der Waals surface area (Å²) in [6.07, 6.45) is 9.49. The minimum Gasteiger partial charge on any atom is -0.353 e. The third-order valence-corrected chi connectivity index (χ3v) is 4.07.